The summed E-state index contributed by atoms with van der Waals surface area (Å²) in [7, 11) is 1.61. The number of rotatable bonds is 5. The number of nitrogens with two attached hydrogens (primary N) is 1. The minimum atomic E-state index is -0.428. The first kappa shape index (κ1) is 15.2. The number of thioether (sulfide) groups is 1. The molecule has 6 heteroatoms. The number of amidine groups is 1. The Kier molecular flexibility index (Phi) is 5.05. The minimum absolute atomic E-state index is 0.106. The molecular formula is C15H15FN2O2S. The molecule has 2 aromatic carbocycles. The van der Waals surface area contributed by atoms with Crippen molar-refractivity contribution in [3.05, 3.63) is 59.4 Å². The quantitative estimate of drug-likeness (QED) is 0.293. The van der Waals surface area contributed by atoms with E-state index in [1.165, 1.54) is 23.9 Å². The summed E-state index contributed by atoms with van der Waals surface area (Å²) in [6.07, 6.45) is 0. The molecule has 0 saturated carbocycles. The van der Waals surface area contributed by atoms with Crippen LogP contribution in [-0.4, -0.2) is 18.2 Å². The molecule has 2 rings (SSSR count). The van der Waals surface area contributed by atoms with Crippen molar-refractivity contribution in [1.82, 2.24) is 0 Å². The Morgan fingerprint density at radius 3 is 2.81 bits per heavy atom. The fraction of sp³-hybridized carbons (Fsp3) is 0.133. The standard InChI is InChI=1S/C15H15FN2O2S/c1-20-13-4-2-3-5-14(13)21-9-10-6-7-11(16)8-12(10)15(17)18-19/h2-8,19H,9H2,1H3,(H2,17,18). The van der Waals surface area contributed by atoms with E-state index in [2.05, 4.69) is 5.16 Å². The summed E-state index contributed by atoms with van der Waals surface area (Å²) in [5.74, 6) is 0.786. The third-order valence-corrected chi connectivity index (χ3v) is 4.01. The predicted octanol–water partition coefficient (Wildman–Crippen LogP) is 3.22. The highest BCUT2D eigenvalue weighted by Gasteiger charge is 2.10. The van der Waals surface area contributed by atoms with Crippen LogP contribution in [0.2, 0.25) is 0 Å². The molecule has 0 fully saturated rings. The number of ether oxygens (including phenoxy) is 1. The normalized spacial score (nSPS) is 11.4. The van der Waals surface area contributed by atoms with Crippen LogP contribution in [-0.2, 0) is 5.75 Å². The summed E-state index contributed by atoms with van der Waals surface area (Å²) >= 11 is 1.53. The molecule has 0 aliphatic carbocycles. The molecule has 0 bridgehead atoms. The summed E-state index contributed by atoms with van der Waals surface area (Å²) in [6, 6.07) is 11.9. The first-order chi connectivity index (χ1) is 10.2. The fourth-order valence-corrected chi connectivity index (χ4v) is 2.89. The summed E-state index contributed by atoms with van der Waals surface area (Å²) < 4.78 is 18.6. The van der Waals surface area contributed by atoms with Gasteiger partial charge in [0.15, 0.2) is 5.84 Å². The van der Waals surface area contributed by atoms with E-state index in [-0.39, 0.29) is 5.84 Å². The van der Waals surface area contributed by atoms with Crippen LogP contribution in [0.1, 0.15) is 11.1 Å². The Bertz CT molecular complexity index is 662. The molecule has 21 heavy (non-hydrogen) atoms. The minimum Gasteiger partial charge on any atom is -0.496 e. The lowest BCUT2D eigenvalue weighted by atomic mass is 10.1. The lowest BCUT2D eigenvalue weighted by Crippen LogP contribution is -2.15. The van der Waals surface area contributed by atoms with Gasteiger partial charge in [-0.1, -0.05) is 23.4 Å². The van der Waals surface area contributed by atoms with E-state index in [0.717, 1.165) is 16.2 Å². The Morgan fingerprint density at radius 2 is 2.10 bits per heavy atom. The molecule has 0 aliphatic rings. The van der Waals surface area contributed by atoms with Crippen molar-refractivity contribution in [3.63, 3.8) is 0 Å². The molecule has 2 aromatic rings. The number of halogens is 1. The van der Waals surface area contributed by atoms with E-state index >= 15 is 0 Å². The van der Waals surface area contributed by atoms with Crippen LogP contribution in [0.3, 0.4) is 0 Å². The number of hydrogen-bond donors (Lipinski definition) is 2. The highest BCUT2D eigenvalue weighted by atomic mass is 32.2. The van der Waals surface area contributed by atoms with Gasteiger partial charge in [-0.3, -0.25) is 0 Å². The summed E-state index contributed by atoms with van der Waals surface area (Å²) in [4.78, 5) is 0.967. The number of para-hydroxylation sites is 1. The zero-order valence-corrected chi connectivity index (χ0v) is 12.2. The molecule has 0 spiro atoms. The maximum Gasteiger partial charge on any atom is 0.170 e. The Balaban J connectivity index is 2.24. The average molecular weight is 306 g/mol. The van der Waals surface area contributed by atoms with Crippen molar-refractivity contribution in [2.24, 2.45) is 10.9 Å². The zero-order chi connectivity index (χ0) is 15.2. The van der Waals surface area contributed by atoms with E-state index in [1.807, 2.05) is 24.3 Å². The lowest BCUT2D eigenvalue weighted by molar-refractivity contribution is 0.318. The maximum absolute atomic E-state index is 13.3. The molecule has 4 nitrogen and oxygen atoms in total. The maximum atomic E-state index is 13.3. The van der Waals surface area contributed by atoms with Gasteiger partial charge in [0.2, 0.25) is 0 Å². The third kappa shape index (κ3) is 3.66. The second-order valence-corrected chi connectivity index (χ2v) is 5.24. The van der Waals surface area contributed by atoms with E-state index in [4.69, 9.17) is 15.7 Å². The largest absolute Gasteiger partial charge is 0.496 e. The van der Waals surface area contributed by atoms with E-state index in [9.17, 15) is 4.39 Å². The summed E-state index contributed by atoms with van der Waals surface area (Å²) in [6.45, 7) is 0. The van der Waals surface area contributed by atoms with Crippen LogP contribution >= 0.6 is 11.8 Å². The second kappa shape index (κ2) is 6.99. The van der Waals surface area contributed by atoms with Gasteiger partial charge in [-0.25, -0.2) is 4.39 Å². The van der Waals surface area contributed by atoms with Gasteiger partial charge in [-0.05, 0) is 29.8 Å². The van der Waals surface area contributed by atoms with E-state index < -0.39 is 5.82 Å². The van der Waals surface area contributed by atoms with Gasteiger partial charge in [0.25, 0.3) is 0 Å². The molecule has 0 unspecified atom stereocenters. The average Bonchev–Trinajstić information content (AvgIpc) is 2.53. The van der Waals surface area contributed by atoms with Crippen molar-refractivity contribution in [2.75, 3.05) is 7.11 Å². The molecule has 0 aromatic heterocycles. The van der Waals surface area contributed by atoms with Crippen molar-refractivity contribution < 1.29 is 14.3 Å². The smallest absolute Gasteiger partial charge is 0.170 e. The van der Waals surface area contributed by atoms with Crippen LogP contribution in [0.4, 0.5) is 4.39 Å². The molecule has 110 valence electrons. The molecule has 0 saturated heterocycles. The van der Waals surface area contributed by atoms with Gasteiger partial charge in [0.1, 0.15) is 11.6 Å². The van der Waals surface area contributed by atoms with Crippen LogP contribution in [0.5, 0.6) is 5.75 Å². The number of hydrogen-bond acceptors (Lipinski definition) is 4. The Hall–Kier alpha value is -2.21. The van der Waals surface area contributed by atoms with Gasteiger partial charge in [-0.2, -0.15) is 0 Å². The lowest BCUT2D eigenvalue weighted by Gasteiger charge is -2.10. The monoisotopic (exact) mass is 306 g/mol. The summed E-state index contributed by atoms with van der Waals surface area (Å²) in [5, 5.41) is 11.7. The van der Waals surface area contributed by atoms with E-state index in [1.54, 1.807) is 13.2 Å². The van der Waals surface area contributed by atoms with Crippen molar-refractivity contribution >= 4 is 17.6 Å². The topological polar surface area (TPSA) is 67.8 Å². The first-order valence-corrected chi connectivity index (χ1v) is 7.16. The molecule has 3 N–H and O–H groups in total. The predicted molar refractivity (Wildman–Crippen MR) is 81.5 cm³/mol. The number of oxime groups is 1. The van der Waals surface area contributed by atoms with Gasteiger partial charge < -0.3 is 15.7 Å². The Labute approximate surface area is 126 Å². The van der Waals surface area contributed by atoms with Gasteiger partial charge in [0.05, 0.1) is 7.11 Å². The van der Waals surface area contributed by atoms with Gasteiger partial charge in [-0.15, -0.1) is 11.8 Å². The summed E-state index contributed by atoms with van der Waals surface area (Å²) in [5.41, 5.74) is 6.76. The molecule has 0 radical (unpaired) electrons. The highest BCUT2D eigenvalue weighted by molar-refractivity contribution is 7.98. The number of methoxy groups -OCH3 is 1. The van der Waals surface area contributed by atoms with Crippen LogP contribution in [0, 0.1) is 5.82 Å². The SMILES string of the molecule is COc1ccccc1SCc1ccc(F)cc1C(N)=NO. The van der Waals surface area contributed by atoms with Crippen molar-refractivity contribution in [2.45, 2.75) is 10.6 Å². The molecule has 0 heterocycles. The first-order valence-electron chi connectivity index (χ1n) is 6.18. The van der Waals surface area contributed by atoms with Crippen molar-refractivity contribution in [1.29, 1.82) is 0 Å². The van der Waals surface area contributed by atoms with E-state index in [0.29, 0.717) is 11.3 Å². The number of nitrogens with zero attached hydrogens (tertiary/aromatic N) is 1. The van der Waals surface area contributed by atoms with Gasteiger partial charge in [0, 0.05) is 16.2 Å². The third-order valence-electron chi connectivity index (χ3n) is 2.91. The molecule has 0 aliphatic heterocycles. The van der Waals surface area contributed by atoms with Crippen LogP contribution in [0.25, 0.3) is 0 Å². The van der Waals surface area contributed by atoms with Crippen molar-refractivity contribution in [3.8, 4) is 5.75 Å². The second-order valence-electron chi connectivity index (χ2n) is 4.23. The Morgan fingerprint density at radius 1 is 1.33 bits per heavy atom. The molecular weight excluding hydrogens is 291 g/mol. The highest BCUT2D eigenvalue weighted by Crippen LogP contribution is 2.32. The van der Waals surface area contributed by atoms with Gasteiger partial charge >= 0.3 is 0 Å². The van der Waals surface area contributed by atoms with Crippen LogP contribution in [0.15, 0.2) is 52.5 Å². The molecule has 0 amide bonds. The zero-order valence-electron chi connectivity index (χ0n) is 11.4. The fourth-order valence-electron chi connectivity index (χ4n) is 1.86. The molecule has 0 atom stereocenters. The number of benzene rings is 2. The van der Waals surface area contributed by atoms with Crippen LogP contribution < -0.4 is 10.5 Å².